The number of carbonyl (C=O) groups excluding carboxylic acids is 1. The molecule has 0 aliphatic heterocycles. The lowest BCUT2D eigenvalue weighted by molar-refractivity contribution is -0.183. The summed E-state index contributed by atoms with van der Waals surface area (Å²) in [5.74, 6) is 1.18. The van der Waals surface area contributed by atoms with Gasteiger partial charge in [-0.15, -0.1) is 0 Å². The van der Waals surface area contributed by atoms with E-state index in [1.165, 1.54) is 0 Å². The molecule has 0 aromatic carbocycles. The number of hydrogen-bond donors (Lipinski definition) is 2. The number of hydrogen-bond acceptors (Lipinski definition) is 3. The van der Waals surface area contributed by atoms with Crippen LogP contribution in [0.3, 0.4) is 0 Å². The van der Waals surface area contributed by atoms with Crippen LogP contribution in [0.4, 0.5) is 0 Å². The minimum atomic E-state index is -0.862. The molecule has 0 radical (unpaired) electrons. The first-order valence-electron chi connectivity index (χ1n) is 9.21. The highest BCUT2D eigenvalue weighted by molar-refractivity contribution is 5.85. The molecule has 6 atom stereocenters. The molecule has 4 rings (SSSR count). The smallest absolute Gasteiger partial charge is 0.138 e. The van der Waals surface area contributed by atoms with Gasteiger partial charge in [-0.25, -0.2) is 0 Å². The van der Waals surface area contributed by atoms with Gasteiger partial charge in [-0.05, 0) is 61.3 Å². The van der Waals surface area contributed by atoms with E-state index in [4.69, 9.17) is 0 Å². The zero-order chi connectivity index (χ0) is 16.8. The van der Waals surface area contributed by atoms with E-state index in [1.54, 1.807) is 0 Å². The van der Waals surface area contributed by atoms with Crippen LogP contribution in [-0.4, -0.2) is 27.7 Å². The molecule has 23 heavy (non-hydrogen) atoms. The van der Waals surface area contributed by atoms with E-state index in [-0.39, 0.29) is 16.2 Å². The van der Waals surface area contributed by atoms with Gasteiger partial charge in [0.2, 0.25) is 0 Å². The molecular formula is C20H30O3. The Labute approximate surface area is 139 Å². The zero-order valence-corrected chi connectivity index (χ0v) is 14.7. The highest BCUT2D eigenvalue weighted by atomic mass is 16.3. The van der Waals surface area contributed by atoms with Crippen LogP contribution >= 0.6 is 0 Å². The first-order valence-corrected chi connectivity index (χ1v) is 9.21. The van der Waals surface area contributed by atoms with Crippen LogP contribution in [0.5, 0.6) is 0 Å². The summed E-state index contributed by atoms with van der Waals surface area (Å²) in [4.78, 5) is 12.5. The summed E-state index contributed by atoms with van der Waals surface area (Å²) in [5, 5.41) is 21.9. The van der Waals surface area contributed by atoms with Crippen molar-refractivity contribution in [3.05, 3.63) is 12.2 Å². The topological polar surface area (TPSA) is 57.5 Å². The zero-order valence-electron chi connectivity index (χ0n) is 14.7. The maximum absolute atomic E-state index is 12.5. The third kappa shape index (κ3) is 1.66. The van der Waals surface area contributed by atoms with E-state index in [0.29, 0.717) is 42.5 Å². The second-order valence-electron chi connectivity index (χ2n) is 9.70. The SMILES string of the molecule is C=C1[C@H](O)[C@@]23CC[C@@H]4C(C)(C)C(=O)CC[C@@]4(C)[C@@H]2CC[C@]1(O)C3. The van der Waals surface area contributed by atoms with E-state index in [2.05, 4.69) is 27.4 Å². The molecule has 4 fully saturated rings. The lowest BCUT2D eigenvalue weighted by Gasteiger charge is -2.63. The van der Waals surface area contributed by atoms with E-state index >= 15 is 0 Å². The summed E-state index contributed by atoms with van der Waals surface area (Å²) in [5.41, 5.74) is -0.607. The molecule has 0 unspecified atom stereocenters. The standard InChI is InChI=1S/C20H30O3/c1-12-16(22)19-9-5-13-17(2,3)15(21)7-8-18(13,4)14(19)6-10-20(12,23)11-19/h13-14,16,22-23H,1,5-11H2,2-4H3/t13-,14+,16+,18-,19-,20+/m1/s1. The van der Waals surface area contributed by atoms with Crippen LogP contribution < -0.4 is 0 Å². The number of fused-ring (bicyclic) bond motifs is 3. The Kier molecular flexibility index (Phi) is 2.95. The van der Waals surface area contributed by atoms with Gasteiger partial charge in [-0.2, -0.15) is 0 Å². The Bertz CT molecular complexity index is 594. The van der Waals surface area contributed by atoms with Crippen molar-refractivity contribution in [1.82, 2.24) is 0 Å². The molecule has 2 bridgehead atoms. The summed E-state index contributed by atoms with van der Waals surface area (Å²) >= 11 is 0. The van der Waals surface area contributed by atoms with Crippen LogP contribution in [0.25, 0.3) is 0 Å². The van der Waals surface area contributed by atoms with Crippen LogP contribution in [0.15, 0.2) is 12.2 Å². The Morgan fingerprint density at radius 1 is 1.09 bits per heavy atom. The Balaban J connectivity index is 1.80. The molecule has 4 aliphatic carbocycles. The first-order chi connectivity index (χ1) is 10.6. The molecule has 4 saturated carbocycles. The van der Waals surface area contributed by atoms with Crippen molar-refractivity contribution in [2.24, 2.45) is 28.1 Å². The summed E-state index contributed by atoms with van der Waals surface area (Å²) in [6.07, 6.45) is 5.23. The van der Waals surface area contributed by atoms with Gasteiger partial charge in [0.25, 0.3) is 0 Å². The molecule has 1 spiro atoms. The fourth-order valence-corrected chi connectivity index (χ4v) is 7.39. The number of carbonyl (C=O) groups is 1. The van der Waals surface area contributed by atoms with Crippen molar-refractivity contribution in [3.8, 4) is 0 Å². The van der Waals surface area contributed by atoms with E-state index in [0.717, 1.165) is 25.7 Å². The maximum Gasteiger partial charge on any atom is 0.138 e. The third-order valence-electron chi connectivity index (χ3n) is 8.61. The van der Waals surface area contributed by atoms with Crippen molar-refractivity contribution in [2.75, 3.05) is 0 Å². The largest absolute Gasteiger partial charge is 0.388 e. The van der Waals surface area contributed by atoms with Gasteiger partial charge in [-0.1, -0.05) is 27.4 Å². The monoisotopic (exact) mass is 318 g/mol. The number of rotatable bonds is 0. The minimum Gasteiger partial charge on any atom is -0.388 e. The second-order valence-corrected chi connectivity index (χ2v) is 9.70. The number of aliphatic hydroxyl groups is 2. The Morgan fingerprint density at radius 2 is 1.74 bits per heavy atom. The minimum absolute atomic E-state index is 0.0859. The average Bonchev–Trinajstić information content (AvgIpc) is 2.61. The molecule has 0 aromatic rings. The van der Waals surface area contributed by atoms with Crippen LogP contribution in [-0.2, 0) is 4.79 Å². The molecule has 0 saturated heterocycles. The van der Waals surface area contributed by atoms with Crippen molar-refractivity contribution >= 4 is 5.78 Å². The number of Topliss-reactive ketones (excluding diaryl/α,β-unsaturated/α-hetero) is 1. The van der Waals surface area contributed by atoms with Gasteiger partial charge in [-0.3, -0.25) is 4.79 Å². The van der Waals surface area contributed by atoms with E-state index in [9.17, 15) is 15.0 Å². The van der Waals surface area contributed by atoms with Gasteiger partial charge < -0.3 is 10.2 Å². The molecule has 4 aliphatic rings. The van der Waals surface area contributed by atoms with Crippen LogP contribution in [0.1, 0.15) is 65.7 Å². The maximum atomic E-state index is 12.5. The highest BCUT2D eigenvalue weighted by Crippen LogP contribution is 2.72. The molecule has 0 amide bonds. The van der Waals surface area contributed by atoms with Crippen molar-refractivity contribution in [2.45, 2.75) is 77.4 Å². The average molecular weight is 318 g/mol. The first kappa shape index (κ1) is 15.8. The molecular weight excluding hydrogens is 288 g/mol. The normalized spacial score (nSPS) is 54.6. The summed E-state index contributed by atoms with van der Waals surface area (Å²) in [6, 6.07) is 0. The Hall–Kier alpha value is -0.670. The molecule has 2 N–H and O–H groups in total. The van der Waals surface area contributed by atoms with Gasteiger partial charge >= 0.3 is 0 Å². The molecule has 3 heteroatoms. The highest BCUT2D eigenvalue weighted by Gasteiger charge is 2.70. The van der Waals surface area contributed by atoms with Crippen molar-refractivity contribution < 1.29 is 15.0 Å². The van der Waals surface area contributed by atoms with Gasteiger partial charge in [0.15, 0.2) is 0 Å². The van der Waals surface area contributed by atoms with Crippen molar-refractivity contribution in [3.63, 3.8) is 0 Å². The lowest BCUT2D eigenvalue weighted by atomic mass is 9.40. The molecule has 3 nitrogen and oxygen atoms in total. The third-order valence-corrected chi connectivity index (χ3v) is 8.61. The van der Waals surface area contributed by atoms with Gasteiger partial charge in [0, 0.05) is 17.3 Å². The number of aliphatic hydroxyl groups excluding tert-OH is 1. The Morgan fingerprint density at radius 3 is 2.43 bits per heavy atom. The number of ketones is 1. The second kappa shape index (κ2) is 4.29. The predicted octanol–water partition coefficient (Wildman–Crippen LogP) is 3.24. The summed E-state index contributed by atoms with van der Waals surface area (Å²) < 4.78 is 0. The van der Waals surface area contributed by atoms with E-state index < -0.39 is 11.7 Å². The van der Waals surface area contributed by atoms with Gasteiger partial charge in [0.1, 0.15) is 5.78 Å². The van der Waals surface area contributed by atoms with Gasteiger partial charge in [0.05, 0.1) is 11.7 Å². The van der Waals surface area contributed by atoms with Crippen molar-refractivity contribution in [1.29, 1.82) is 0 Å². The quantitative estimate of drug-likeness (QED) is 0.674. The fourth-order valence-electron chi connectivity index (χ4n) is 7.39. The fraction of sp³-hybridized carbons (Fsp3) is 0.850. The van der Waals surface area contributed by atoms with E-state index in [1.807, 2.05) is 0 Å². The molecule has 0 heterocycles. The lowest BCUT2D eigenvalue weighted by Crippen LogP contribution is -2.60. The van der Waals surface area contributed by atoms with Crippen LogP contribution in [0.2, 0.25) is 0 Å². The van der Waals surface area contributed by atoms with Crippen LogP contribution in [0, 0.1) is 28.1 Å². The molecule has 128 valence electrons. The summed E-state index contributed by atoms with van der Waals surface area (Å²) in [6.45, 7) is 10.7. The predicted molar refractivity (Wildman–Crippen MR) is 88.7 cm³/mol. The summed E-state index contributed by atoms with van der Waals surface area (Å²) in [7, 11) is 0. The molecule has 0 aromatic heterocycles.